The zero-order valence-corrected chi connectivity index (χ0v) is 21.8. The first-order chi connectivity index (χ1) is 19.4. The minimum Gasteiger partial charge on any atom is -0.450 e. The van der Waals surface area contributed by atoms with Crippen LogP contribution >= 0.6 is 0 Å². The summed E-state index contributed by atoms with van der Waals surface area (Å²) in [6.07, 6.45) is -2.40. The van der Waals surface area contributed by atoms with E-state index < -0.39 is 46.5 Å². The predicted molar refractivity (Wildman–Crippen MR) is 147 cm³/mol. The molecule has 3 N–H and O–H groups in total. The fraction of sp³-hybridized carbons (Fsp3) is 0.265. The summed E-state index contributed by atoms with van der Waals surface area (Å²) >= 11 is 0. The number of carbonyl (C=O) groups excluding carboxylic acids is 1. The predicted octanol–water partition coefficient (Wildman–Crippen LogP) is 4.20. The molecule has 0 radical (unpaired) electrons. The Balaban J connectivity index is 1.57. The number of benzene rings is 4. The van der Waals surface area contributed by atoms with Gasteiger partial charge in [0.15, 0.2) is 16.8 Å². The van der Waals surface area contributed by atoms with Crippen LogP contribution in [0.1, 0.15) is 40.7 Å². The molecule has 1 saturated carbocycles. The van der Waals surface area contributed by atoms with Crippen LogP contribution in [0.5, 0.6) is 0 Å². The van der Waals surface area contributed by atoms with Crippen LogP contribution in [0, 0.1) is 0 Å². The SMILES string of the molecule is O=C1O[C@@]23C(c4ccccc4)O[C@]1(Cc1ccccc1)[C@]2(O)[C@@](O)(c1ccccc1)[C@@H](O)C[C@@H]3c1ccccc1. The monoisotopic (exact) mass is 534 g/mol. The zero-order chi connectivity index (χ0) is 27.6. The van der Waals surface area contributed by atoms with Gasteiger partial charge in [0.25, 0.3) is 0 Å². The number of aliphatic hydroxyl groups is 3. The van der Waals surface area contributed by atoms with Gasteiger partial charge >= 0.3 is 5.97 Å². The summed E-state index contributed by atoms with van der Waals surface area (Å²) in [4.78, 5) is 14.2. The molecule has 2 aliphatic heterocycles. The van der Waals surface area contributed by atoms with Crippen LogP contribution in [0.25, 0.3) is 0 Å². The van der Waals surface area contributed by atoms with E-state index in [1.165, 1.54) is 0 Å². The molecule has 0 aromatic heterocycles. The van der Waals surface area contributed by atoms with Crippen molar-refractivity contribution in [2.24, 2.45) is 0 Å². The highest BCUT2D eigenvalue weighted by atomic mass is 16.7. The van der Waals surface area contributed by atoms with Gasteiger partial charge in [0.05, 0.1) is 6.10 Å². The van der Waals surface area contributed by atoms with E-state index in [9.17, 15) is 20.1 Å². The molecule has 2 heterocycles. The molecule has 4 aromatic rings. The Labute approximate surface area is 232 Å². The largest absolute Gasteiger partial charge is 0.450 e. The Bertz CT molecular complexity index is 1530. The van der Waals surface area contributed by atoms with Gasteiger partial charge in [-0.25, -0.2) is 4.79 Å². The third kappa shape index (κ3) is 2.99. The molecule has 6 nitrogen and oxygen atoms in total. The van der Waals surface area contributed by atoms with Crippen LogP contribution in [0.4, 0.5) is 0 Å². The molecular formula is C34H30O6. The first-order valence-corrected chi connectivity index (χ1v) is 13.6. The Kier molecular flexibility index (Phi) is 5.57. The van der Waals surface area contributed by atoms with Crippen LogP contribution < -0.4 is 0 Å². The highest BCUT2D eigenvalue weighted by molar-refractivity contribution is 5.89. The van der Waals surface area contributed by atoms with E-state index in [-0.39, 0.29) is 18.4 Å². The van der Waals surface area contributed by atoms with Gasteiger partial charge in [-0.1, -0.05) is 121 Å². The highest BCUT2D eigenvalue weighted by Crippen LogP contribution is 2.74. The van der Waals surface area contributed by atoms with Gasteiger partial charge in [0.2, 0.25) is 5.60 Å². The van der Waals surface area contributed by atoms with Crippen molar-refractivity contribution in [3.8, 4) is 0 Å². The smallest absolute Gasteiger partial charge is 0.342 e. The summed E-state index contributed by atoms with van der Waals surface area (Å²) in [7, 11) is 0. The lowest BCUT2D eigenvalue weighted by atomic mass is 9.50. The molecule has 3 aliphatic rings. The fourth-order valence-corrected chi connectivity index (χ4v) is 7.59. The number of esters is 1. The summed E-state index contributed by atoms with van der Waals surface area (Å²) in [6.45, 7) is 0. The van der Waals surface area contributed by atoms with Gasteiger partial charge in [-0.3, -0.25) is 0 Å². The number of ether oxygens (including phenoxy) is 2. The Hall–Kier alpha value is -3.81. The quantitative estimate of drug-likeness (QED) is 0.332. The number of hydrogen-bond donors (Lipinski definition) is 3. The summed E-state index contributed by atoms with van der Waals surface area (Å²) in [6, 6.07) is 36.6. The van der Waals surface area contributed by atoms with Crippen molar-refractivity contribution in [2.45, 2.75) is 53.4 Å². The lowest BCUT2D eigenvalue weighted by Gasteiger charge is -2.58. The average Bonchev–Trinajstić information content (AvgIpc) is 3.34. The molecule has 2 saturated heterocycles. The first-order valence-electron chi connectivity index (χ1n) is 13.6. The van der Waals surface area contributed by atoms with E-state index >= 15 is 0 Å². The van der Waals surface area contributed by atoms with E-state index in [0.717, 1.165) is 11.1 Å². The summed E-state index contributed by atoms with van der Waals surface area (Å²) in [5, 5.41) is 38.1. The molecular weight excluding hydrogens is 504 g/mol. The molecule has 1 unspecified atom stereocenters. The third-order valence-electron chi connectivity index (χ3n) is 9.27. The lowest BCUT2D eigenvalue weighted by molar-refractivity contribution is -0.292. The molecule has 6 heteroatoms. The van der Waals surface area contributed by atoms with Crippen LogP contribution in [0.2, 0.25) is 0 Å². The van der Waals surface area contributed by atoms with Crippen molar-refractivity contribution in [1.82, 2.24) is 0 Å². The molecule has 0 amide bonds. The van der Waals surface area contributed by atoms with Crippen LogP contribution in [-0.2, 0) is 26.3 Å². The molecule has 3 fully saturated rings. The van der Waals surface area contributed by atoms with Gasteiger partial charge in [0, 0.05) is 12.3 Å². The average molecular weight is 535 g/mol. The maximum absolute atomic E-state index is 14.2. The van der Waals surface area contributed by atoms with Crippen molar-refractivity contribution >= 4 is 5.97 Å². The number of carbonyl (C=O) groups is 1. The Morgan fingerprint density at radius 1 is 0.725 bits per heavy atom. The van der Waals surface area contributed by atoms with E-state index in [0.29, 0.717) is 5.56 Å². The molecule has 0 spiro atoms. The maximum atomic E-state index is 14.2. The van der Waals surface area contributed by atoms with Crippen molar-refractivity contribution in [3.05, 3.63) is 144 Å². The number of rotatable bonds is 5. The summed E-state index contributed by atoms with van der Waals surface area (Å²) in [5.74, 6) is -1.44. The van der Waals surface area contributed by atoms with Crippen LogP contribution in [0.15, 0.2) is 121 Å². The zero-order valence-electron chi connectivity index (χ0n) is 21.8. The normalized spacial score (nSPS) is 36.2. The minimum absolute atomic E-state index is 0.0269. The second kappa shape index (κ2) is 8.85. The van der Waals surface area contributed by atoms with Crippen molar-refractivity contribution in [1.29, 1.82) is 0 Å². The first kappa shape index (κ1) is 25.2. The van der Waals surface area contributed by atoms with Crippen molar-refractivity contribution < 1.29 is 29.6 Å². The molecule has 1 aliphatic carbocycles. The molecule has 40 heavy (non-hydrogen) atoms. The maximum Gasteiger partial charge on any atom is 0.342 e. The van der Waals surface area contributed by atoms with Gasteiger partial charge in [-0.2, -0.15) is 0 Å². The van der Waals surface area contributed by atoms with E-state index in [4.69, 9.17) is 9.47 Å². The second-order valence-corrected chi connectivity index (χ2v) is 11.1. The molecule has 2 bridgehead atoms. The Morgan fingerprint density at radius 2 is 1.25 bits per heavy atom. The molecule has 4 aromatic carbocycles. The minimum atomic E-state index is -2.39. The molecule has 7 atom stereocenters. The van der Waals surface area contributed by atoms with E-state index in [1.54, 1.807) is 30.3 Å². The van der Waals surface area contributed by atoms with E-state index in [1.807, 2.05) is 91.0 Å². The highest BCUT2D eigenvalue weighted by Gasteiger charge is 2.93. The lowest BCUT2D eigenvalue weighted by Crippen LogP contribution is -2.77. The number of hydrogen-bond acceptors (Lipinski definition) is 6. The summed E-state index contributed by atoms with van der Waals surface area (Å²) < 4.78 is 13.3. The molecule has 202 valence electrons. The number of aliphatic hydroxyl groups excluding tert-OH is 1. The van der Waals surface area contributed by atoms with E-state index in [2.05, 4.69) is 0 Å². The third-order valence-corrected chi connectivity index (χ3v) is 9.27. The van der Waals surface area contributed by atoms with Gasteiger partial charge in [-0.05, 0) is 28.7 Å². The Morgan fingerprint density at radius 3 is 1.85 bits per heavy atom. The van der Waals surface area contributed by atoms with Gasteiger partial charge in [0.1, 0.15) is 6.10 Å². The molecule has 7 rings (SSSR count). The standard InChI is InChI=1S/C34H30O6/c35-28-21-27(24-15-7-2-8-16-24)33-29(25-17-9-3-10-18-25)39-31(30(36)40-33,22-23-13-5-1-6-14-23)34(33,38)32(28,37)26-19-11-4-12-20-26/h1-20,27-29,35,37-38H,21-22H2/t27-,28+,29?,31+,32-,33+,34+/m1/s1. The topological polar surface area (TPSA) is 96.2 Å². The van der Waals surface area contributed by atoms with Crippen LogP contribution in [-0.4, -0.2) is 44.2 Å². The van der Waals surface area contributed by atoms with Crippen molar-refractivity contribution in [2.75, 3.05) is 0 Å². The van der Waals surface area contributed by atoms with Gasteiger partial charge in [-0.15, -0.1) is 0 Å². The van der Waals surface area contributed by atoms with Crippen molar-refractivity contribution in [3.63, 3.8) is 0 Å². The van der Waals surface area contributed by atoms with Gasteiger partial charge < -0.3 is 24.8 Å². The van der Waals surface area contributed by atoms with Crippen LogP contribution in [0.3, 0.4) is 0 Å². The second-order valence-electron chi connectivity index (χ2n) is 11.1. The fourth-order valence-electron chi connectivity index (χ4n) is 7.59. The summed E-state index contributed by atoms with van der Waals surface area (Å²) in [5.41, 5.74) is -5.98.